The molecule has 1 N–H and O–H groups in total. The lowest BCUT2D eigenvalue weighted by molar-refractivity contribution is 0.00609. The average molecular weight is 498 g/mol. The number of nitrogens with zero attached hydrogens (tertiary/aromatic N) is 3. The number of aliphatic hydroxyl groups excluding tert-OH is 1. The second kappa shape index (κ2) is 12.0. The van der Waals surface area contributed by atoms with Crippen LogP contribution in [0.2, 0.25) is 5.02 Å². The van der Waals surface area contributed by atoms with Crippen LogP contribution in [0.25, 0.3) is 5.69 Å². The number of benzene rings is 2. The largest absolute Gasteiger partial charge is 0.439 e. The fourth-order valence-electron chi connectivity index (χ4n) is 4.09. The third kappa shape index (κ3) is 7.55. The Morgan fingerprint density at radius 1 is 1.11 bits per heavy atom. The molecule has 2 aromatic carbocycles. The van der Waals surface area contributed by atoms with Gasteiger partial charge in [-0.25, -0.2) is 4.68 Å². The van der Waals surface area contributed by atoms with Crippen molar-refractivity contribution in [2.75, 3.05) is 26.3 Å². The van der Waals surface area contributed by atoms with Gasteiger partial charge in [0.15, 0.2) is 0 Å². The lowest BCUT2D eigenvalue weighted by atomic mass is 10.2. The van der Waals surface area contributed by atoms with E-state index in [0.29, 0.717) is 49.0 Å². The molecular weight excluding hydrogens is 462 g/mol. The van der Waals surface area contributed by atoms with Crippen LogP contribution in [0.15, 0.2) is 54.6 Å². The van der Waals surface area contributed by atoms with Gasteiger partial charge in [0.05, 0.1) is 29.7 Å². The van der Waals surface area contributed by atoms with Crippen molar-refractivity contribution in [3.8, 4) is 17.3 Å². The molecule has 1 aliphatic carbocycles. The predicted molar refractivity (Wildman–Crippen MR) is 139 cm³/mol. The van der Waals surface area contributed by atoms with Gasteiger partial charge in [0.1, 0.15) is 5.75 Å². The highest BCUT2D eigenvalue weighted by Gasteiger charge is 2.28. The molecule has 1 saturated carbocycles. The van der Waals surface area contributed by atoms with E-state index >= 15 is 0 Å². The van der Waals surface area contributed by atoms with E-state index in [-0.39, 0.29) is 0 Å². The van der Waals surface area contributed by atoms with E-state index in [9.17, 15) is 5.11 Å². The summed E-state index contributed by atoms with van der Waals surface area (Å²) < 4.78 is 13.9. The Kier molecular flexibility index (Phi) is 8.84. The maximum atomic E-state index is 10.7. The van der Waals surface area contributed by atoms with Crippen LogP contribution in [0.5, 0.6) is 11.6 Å². The standard InChI is InChI=1S/C28H36ClN3O3/c1-20(2)18-34-19-25(33)16-31(15-22-12-13-22)17-27-21(3)30-32(24-9-7-8-23(29)14-24)28(27)35-26-10-5-4-6-11-26/h4-11,14,20,22,25,33H,12-13,15-19H2,1-3H3/t25-/m1/s1. The van der Waals surface area contributed by atoms with Crippen LogP contribution < -0.4 is 4.74 Å². The Balaban J connectivity index is 1.60. The molecule has 1 atom stereocenters. The molecule has 188 valence electrons. The molecule has 6 nitrogen and oxygen atoms in total. The Labute approximate surface area is 213 Å². The molecule has 1 aromatic heterocycles. The predicted octanol–water partition coefficient (Wildman–Crippen LogP) is 5.87. The second-order valence-corrected chi connectivity index (χ2v) is 10.3. The van der Waals surface area contributed by atoms with Gasteiger partial charge in [0.25, 0.3) is 0 Å². The number of aryl methyl sites for hydroxylation is 1. The number of aromatic nitrogens is 2. The van der Waals surface area contributed by atoms with E-state index in [0.717, 1.165) is 29.2 Å². The van der Waals surface area contributed by atoms with Crippen molar-refractivity contribution >= 4 is 11.6 Å². The number of halogens is 1. The molecule has 0 aliphatic heterocycles. The normalized spacial score (nSPS) is 14.6. The molecule has 1 heterocycles. The molecule has 0 unspecified atom stereocenters. The van der Waals surface area contributed by atoms with Crippen LogP contribution in [0.1, 0.15) is 37.9 Å². The van der Waals surface area contributed by atoms with Gasteiger partial charge in [-0.3, -0.25) is 4.90 Å². The molecule has 0 saturated heterocycles. The van der Waals surface area contributed by atoms with Gasteiger partial charge in [-0.15, -0.1) is 0 Å². The van der Waals surface area contributed by atoms with Gasteiger partial charge in [-0.2, -0.15) is 5.10 Å². The van der Waals surface area contributed by atoms with Crippen LogP contribution in [0.3, 0.4) is 0 Å². The van der Waals surface area contributed by atoms with Gasteiger partial charge in [-0.05, 0) is 61.9 Å². The first-order valence-electron chi connectivity index (χ1n) is 12.4. The zero-order valence-corrected chi connectivity index (χ0v) is 21.6. The molecule has 0 amide bonds. The highest BCUT2D eigenvalue weighted by Crippen LogP contribution is 2.34. The van der Waals surface area contributed by atoms with Gasteiger partial charge in [0, 0.05) is 31.3 Å². The van der Waals surface area contributed by atoms with Crippen LogP contribution in [0.4, 0.5) is 0 Å². The third-order valence-corrected chi connectivity index (χ3v) is 6.21. The van der Waals surface area contributed by atoms with Crippen molar-refractivity contribution in [3.63, 3.8) is 0 Å². The first-order valence-corrected chi connectivity index (χ1v) is 12.8. The van der Waals surface area contributed by atoms with Gasteiger partial charge < -0.3 is 14.6 Å². The molecule has 35 heavy (non-hydrogen) atoms. The van der Waals surface area contributed by atoms with E-state index in [1.165, 1.54) is 12.8 Å². The molecule has 3 aromatic rings. The van der Waals surface area contributed by atoms with Crippen molar-refractivity contribution in [2.24, 2.45) is 11.8 Å². The highest BCUT2D eigenvalue weighted by atomic mass is 35.5. The summed E-state index contributed by atoms with van der Waals surface area (Å²) in [6.45, 7) is 9.33. The molecule has 0 radical (unpaired) electrons. The third-order valence-electron chi connectivity index (χ3n) is 5.97. The number of rotatable bonds is 13. The highest BCUT2D eigenvalue weighted by molar-refractivity contribution is 6.30. The van der Waals surface area contributed by atoms with Crippen LogP contribution in [-0.2, 0) is 11.3 Å². The number of hydrogen-bond acceptors (Lipinski definition) is 5. The summed E-state index contributed by atoms with van der Waals surface area (Å²) in [7, 11) is 0. The minimum Gasteiger partial charge on any atom is -0.439 e. The Morgan fingerprint density at radius 3 is 2.57 bits per heavy atom. The van der Waals surface area contributed by atoms with E-state index in [4.69, 9.17) is 26.2 Å². The number of hydrogen-bond donors (Lipinski definition) is 1. The fourth-order valence-corrected chi connectivity index (χ4v) is 4.28. The summed E-state index contributed by atoms with van der Waals surface area (Å²) in [4.78, 5) is 2.31. The fraction of sp³-hybridized carbons (Fsp3) is 0.464. The van der Waals surface area contributed by atoms with Crippen molar-refractivity contribution in [2.45, 2.75) is 46.3 Å². The SMILES string of the molecule is Cc1nn(-c2cccc(Cl)c2)c(Oc2ccccc2)c1CN(CC1CC1)C[C@@H](O)COCC(C)C. The van der Waals surface area contributed by atoms with E-state index in [1.54, 1.807) is 0 Å². The summed E-state index contributed by atoms with van der Waals surface area (Å²) in [6, 6.07) is 17.4. The number of aliphatic hydroxyl groups is 1. The molecule has 7 heteroatoms. The molecule has 1 fully saturated rings. The van der Waals surface area contributed by atoms with E-state index in [1.807, 2.05) is 66.2 Å². The molecule has 0 spiro atoms. The van der Waals surface area contributed by atoms with Crippen molar-refractivity contribution in [3.05, 3.63) is 70.9 Å². The Bertz CT molecular complexity index is 1080. The van der Waals surface area contributed by atoms with Crippen molar-refractivity contribution in [1.82, 2.24) is 14.7 Å². The summed E-state index contributed by atoms with van der Waals surface area (Å²) >= 11 is 6.29. The zero-order chi connectivity index (χ0) is 24.8. The summed E-state index contributed by atoms with van der Waals surface area (Å²) in [5, 5.41) is 16.2. The first kappa shape index (κ1) is 25.7. The molecular formula is C28H36ClN3O3. The zero-order valence-electron chi connectivity index (χ0n) is 20.9. The first-order chi connectivity index (χ1) is 16.9. The molecule has 4 rings (SSSR count). The summed E-state index contributed by atoms with van der Waals surface area (Å²) in [5.41, 5.74) is 2.74. The lowest BCUT2D eigenvalue weighted by Crippen LogP contribution is -2.36. The van der Waals surface area contributed by atoms with Crippen LogP contribution >= 0.6 is 11.6 Å². The van der Waals surface area contributed by atoms with Crippen LogP contribution in [0, 0.1) is 18.8 Å². The number of para-hydroxylation sites is 1. The molecule has 1 aliphatic rings. The molecule has 0 bridgehead atoms. The van der Waals surface area contributed by atoms with Gasteiger partial charge >= 0.3 is 0 Å². The maximum Gasteiger partial charge on any atom is 0.227 e. The Hall–Kier alpha value is -2.38. The van der Waals surface area contributed by atoms with Crippen molar-refractivity contribution < 1.29 is 14.6 Å². The lowest BCUT2D eigenvalue weighted by Gasteiger charge is -2.25. The smallest absolute Gasteiger partial charge is 0.227 e. The van der Waals surface area contributed by atoms with Gasteiger partial charge in [-0.1, -0.05) is 49.7 Å². The summed E-state index contributed by atoms with van der Waals surface area (Å²) in [6.07, 6.45) is 1.93. The maximum absolute atomic E-state index is 10.7. The number of ether oxygens (including phenoxy) is 2. The minimum absolute atomic E-state index is 0.341. The van der Waals surface area contributed by atoms with Crippen LogP contribution in [-0.4, -0.2) is 52.2 Å². The topological polar surface area (TPSA) is 59.8 Å². The van der Waals surface area contributed by atoms with Gasteiger partial charge in [0.2, 0.25) is 5.88 Å². The van der Waals surface area contributed by atoms with E-state index in [2.05, 4.69) is 18.7 Å². The second-order valence-electron chi connectivity index (χ2n) is 9.90. The quantitative estimate of drug-likeness (QED) is 0.320. The van der Waals surface area contributed by atoms with E-state index < -0.39 is 6.10 Å². The average Bonchev–Trinajstić information content (AvgIpc) is 3.58. The van der Waals surface area contributed by atoms with Crippen molar-refractivity contribution in [1.29, 1.82) is 0 Å². The minimum atomic E-state index is -0.547. The summed E-state index contributed by atoms with van der Waals surface area (Å²) in [5.74, 6) is 2.54. The monoisotopic (exact) mass is 497 g/mol. The Morgan fingerprint density at radius 2 is 1.89 bits per heavy atom.